The molecule has 0 aliphatic heterocycles. The maximum Gasteiger partial charge on any atom is 0.329 e. The average Bonchev–Trinajstić information content (AvgIpc) is 2.26. The first-order valence-electron chi connectivity index (χ1n) is 4.82. The van der Waals surface area contributed by atoms with Crippen LogP contribution in [-0.2, 0) is 4.79 Å². The number of nitro groups is 1. The third-order valence-electron chi connectivity index (χ3n) is 1.73. The van der Waals surface area contributed by atoms with Crippen molar-refractivity contribution >= 4 is 23.4 Å². The minimum absolute atomic E-state index is 0.0419. The largest absolute Gasteiger partial charge is 0.368 e. The molecule has 0 bridgehead atoms. The molecule has 0 atom stereocenters. The molecule has 0 aromatic carbocycles. The number of rotatable bonds is 6. The molecule has 0 saturated carbocycles. The number of anilines is 2. The van der Waals surface area contributed by atoms with E-state index in [2.05, 4.69) is 20.6 Å². The molecule has 0 fully saturated rings. The number of hydrogen-bond donors (Lipinski definition) is 3. The number of nitrogens with two attached hydrogens (primary N) is 1. The van der Waals surface area contributed by atoms with Crippen LogP contribution in [0.25, 0.3) is 0 Å². The van der Waals surface area contributed by atoms with Crippen LogP contribution in [0, 0.1) is 10.1 Å². The van der Waals surface area contributed by atoms with E-state index in [1.54, 1.807) is 0 Å². The van der Waals surface area contributed by atoms with Crippen molar-refractivity contribution in [1.29, 1.82) is 0 Å². The van der Waals surface area contributed by atoms with Crippen LogP contribution < -0.4 is 16.4 Å². The van der Waals surface area contributed by atoms with Crippen molar-refractivity contribution in [3.63, 3.8) is 0 Å². The zero-order valence-corrected chi connectivity index (χ0v) is 9.14. The maximum atomic E-state index is 10.7. The van der Waals surface area contributed by atoms with E-state index in [1.165, 1.54) is 0 Å². The SMILES string of the molecule is CCNc1ncc([N+](=O)[O-])c(NCC(N)=O)n1. The Hall–Kier alpha value is -2.45. The Morgan fingerprint density at radius 2 is 2.29 bits per heavy atom. The number of nitrogens with one attached hydrogen (secondary N) is 2. The van der Waals surface area contributed by atoms with Gasteiger partial charge >= 0.3 is 5.69 Å². The van der Waals surface area contributed by atoms with Gasteiger partial charge in [0.2, 0.25) is 17.7 Å². The van der Waals surface area contributed by atoms with Gasteiger partial charge in [0.15, 0.2) is 0 Å². The van der Waals surface area contributed by atoms with Crippen molar-refractivity contribution in [2.24, 2.45) is 5.73 Å². The number of hydrogen-bond acceptors (Lipinski definition) is 7. The van der Waals surface area contributed by atoms with Crippen LogP contribution in [0.5, 0.6) is 0 Å². The molecular formula is C8H12N6O3. The van der Waals surface area contributed by atoms with Gasteiger partial charge < -0.3 is 16.4 Å². The minimum Gasteiger partial charge on any atom is -0.368 e. The molecule has 0 radical (unpaired) electrons. The average molecular weight is 240 g/mol. The van der Waals surface area contributed by atoms with Crippen LogP contribution >= 0.6 is 0 Å². The number of aromatic nitrogens is 2. The van der Waals surface area contributed by atoms with Crippen LogP contribution in [0.4, 0.5) is 17.5 Å². The summed E-state index contributed by atoms with van der Waals surface area (Å²) in [6, 6.07) is 0. The van der Waals surface area contributed by atoms with Gasteiger partial charge in [0.1, 0.15) is 6.20 Å². The van der Waals surface area contributed by atoms with Crippen LogP contribution in [-0.4, -0.2) is 33.9 Å². The summed E-state index contributed by atoms with van der Waals surface area (Å²) in [7, 11) is 0. The molecule has 9 nitrogen and oxygen atoms in total. The van der Waals surface area contributed by atoms with E-state index in [0.717, 1.165) is 6.20 Å². The first-order chi connectivity index (χ1) is 8.04. The van der Waals surface area contributed by atoms with Gasteiger partial charge in [0.05, 0.1) is 11.5 Å². The fourth-order valence-corrected chi connectivity index (χ4v) is 1.05. The van der Waals surface area contributed by atoms with Gasteiger partial charge in [-0.15, -0.1) is 0 Å². The van der Waals surface area contributed by atoms with E-state index in [0.29, 0.717) is 6.54 Å². The Labute approximate surface area is 96.6 Å². The number of carbonyl (C=O) groups excluding carboxylic acids is 1. The summed E-state index contributed by atoms with van der Waals surface area (Å²) in [6.45, 7) is 2.18. The van der Waals surface area contributed by atoms with Crippen molar-refractivity contribution in [1.82, 2.24) is 9.97 Å². The first-order valence-corrected chi connectivity index (χ1v) is 4.82. The normalized spacial score (nSPS) is 9.71. The molecule has 9 heteroatoms. The highest BCUT2D eigenvalue weighted by Crippen LogP contribution is 2.21. The van der Waals surface area contributed by atoms with Crippen molar-refractivity contribution in [2.75, 3.05) is 23.7 Å². The Balaban J connectivity index is 2.98. The van der Waals surface area contributed by atoms with Gasteiger partial charge in [-0.2, -0.15) is 4.98 Å². The second-order valence-electron chi connectivity index (χ2n) is 3.03. The van der Waals surface area contributed by atoms with Crippen molar-refractivity contribution in [3.05, 3.63) is 16.3 Å². The Morgan fingerprint density at radius 3 is 2.82 bits per heavy atom. The molecule has 1 amide bonds. The minimum atomic E-state index is -0.640. The molecule has 1 aromatic rings. The molecule has 0 unspecified atom stereocenters. The van der Waals surface area contributed by atoms with Gasteiger partial charge in [0.25, 0.3) is 0 Å². The highest BCUT2D eigenvalue weighted by atomic mass is 16.6. The number of amides is 1. The molecule has 1 aromatic heterocycles. The van der Waals surface area contributed by atoms with Gasteiger partial charge in [-0.3, -0.25) is 14.9 Å². The van der Waals surface area contributed by atoms with Crippen LogP contribution in [0.2, 0.25) is 0 Å². The monoisotopic (exact) mass is 240 g/mol. The first kappa shape index (κ1) is 12.6. The Bertz CT molecular complexity index is 435. The maximum absolute atomic E-state index is 10.7. The predicted molar refractivity (Wildman–Crippen MR) is 60.5 cm³/mol. The molecule has 0 spiro atoms. The Kier molecular flexibility index (Phi) is 4.14. The van der Waals surface area contributed by atoms with E-state index in [1.807, 2.05) is 6.92 Å². The Morgan fingerprint density at radius 1 is 1.59 bits per heavy atom. The summed E-state index contributed by atoms with van der Waals surface area (Å²) in [5.41, 5.74) is 4.62. The van der Waals surface area contributed by atoms with E-state index < -0.39 is 10.8 Å². The lowest BCUT2D eigenvalue weighted by molar-refractivity contribution is -0.384. The molecular weight excluding hydrogens is 228 g/mol. The zero-order valence-electron chi connectivity index (χ0n) is 9.14. The summed E-state index contributed by atoms with van der Waals surface area (Å²) in [4.78, 5) is 28.3. The van der Waals surface area contributed by atoms with Crippen molar-refractivity contribution in [2.45, 2.75) is 6.92 Å². The third kappa shape index (κ3) is 3.55. The standard InChI is InChI=1S/C8H12N6O3/c1-2-10-8-12-3-5(14(16)17)7(13-8)11-4-6(9)15/h3H,2,4H2,1H3,(H2,9,15)(H2,10,11,12,13). The molecule has 0 aliphatic rings. The zero-order chi connectivity index (χ0) is 12.8. The van der Waals surface area contributed by atoms with E-state index in [4.69, 9.17) is 5.73 Å². The highest BCUT2D eigenvalue weighted by molar-refractivity contribution is 5.79. The van der Waals surface area contributed by atoms with E-state index in [9.17, 15) is 14.9 Å². The van der Waals surface area contributed by atoms with Gasteiger partial charge in [-0.25, -0.2) is 4.98 Å². The quantitative estimate of drug-likeness (QED) is 0.459. The van der Waals surface area contributed by atoms with Crippen LogP contribution in [0.3, 0.4) is 0 Å². The molecule has 4 N–H and O–H groups in total. The summed E-state index contributed by atoms with van der Waals surface area (Å²) in [5.74, 6) is -0.437. The van der Waals surface area contributed by atoms with Gasteiger partial charge in [0, 0.05) is 6.54 Å². The molecule has 1 heterocycles. The third-order valence-corrected chi connectivity index (χ3v) is 1.73. The highest BCUT2D eigenvalue weighted by Gasteiger charge is 2.17. The molecule has 17 heavy (non-hydrogen) atoms. The number of primary amides is 1. The number of nitrogens with zero attached hydrogens (tertiary/aromatic N) is 3. The smallest absolute Gasteiger partial charge is 0.329 e. The fraction of sp³-hybridized carbons (Fsp3) is 0.375. The fourth-order valence-electron chi connectivity index (χ4n) is 1.05. The lowest BCUT2D eigenvalue weighted by Gasteiger charge is -2.06. The van der Waals surface area contributed by atoms with Crippen molar-refractivity contribution in [3.8, 4) is 0 Å². The summed E-state index contributed by atoms with van der Waals surface area (Å²) < 4.78 is 0. The lowest BCUT2D eigenvalue weighted by atomic mass is 10.4. The summed E-state index contributed by atoms with van der Waals surface area (Å²) in [6.07, 6.45) is 1.06. The predicted octanol–water partition coefficient (Wildman–Crippen LogP) is -0.286. The molecule has 92 valence electrons. The molecule has 0 aliphatic carbocycles. The number of carbonyl (C=O) groups is 1. The summed E-state index contributed by atoms with van der Waals surface area (Å²) >= 11 is 0. The molecule has 0 saturated heterocycles. The lowest BCUT2D eigenvalue weighted by Crippen LogP contribution is -2.23. The summed E-state index contributed by atoms with van der Waals surface area (Å²) in [5, 5.41) is 16.0. The molecule has 1 rings (SSSR count). The van der Waals surface area contributed by atoms with Crippen LogP contribution in [0.1, 0.15) is 6.92 Å². The topological polar surface area (TPSA) is 136 Å². The van der Waals surface area contributed by atoms with E-state index in [-0.39, 0.29) is 24.0 Å². The second-order valence-corrected chi connectivity index (χ2v) is 3.03. The van der Waals surface area contributed by atoms with E-state index >= 15 is 0 Å². The van der Waals surface area contributed by atoms with Crippen molar-refractivity contribution < 1.29 is 9.72 Å². The van der Waals surface area contributed by atoms with Gasteiger partial charge in [-0.1, -0.05) is 0 Å². The van der Waals surface area contributed by atoms with Gasteiger partial charge in [-0.05, 0) is 6.92 Å². The van der Waals surface area contributed by atoms with Crippen LogP contribution in [0.15, 0.2) is 6.20 Å². The second kappa shape index (κ2) is 5.58.